The molecule has 0 spiro atoms. The number of hydrogen-bond donors (Lipinski definition) is 4. The Bertz CT molecular complexity index is 274. The number of thiazole rings is 1. The maximum atomic E-state index is 7.07. The monoisotopic (exact) mass is 231 g/mol. The van der Waals surface area contributed by atoms with Crippen LogP contribution in [0.4, 0.5) is 0 Å². The SMILES string of the molecule is N=C(N)NC(CN)SCc1cscn1. The quantitative estimate of drug-likeness (QED) is 0.328. The summed E-state index contributed by atoms with van der Waals surface area (Å²) in [5.41, 5.74) is 13.5. The molecule has 0 aliphatic rings. The Morgan fingerprint density at radius 3 is 3.07 bits per heavy atom. The van der Waals surface area contributed by atoms with E-state index in [1.807, 2.05) is 5.38 Å². The average Bonchev–Trinajstić information content (AvgIpc) is 2.64. The Labute approximate surface area is 90.8 Å². The molecule has 1 aromatic heterocycles. The summed E-state index contributed by atoms with van der Waals surface area (Å²) in [6, 6.07) is 0. The summed E-state index contributed by atoms with van der Waals surface area (Å²) in [5, 5.41) is 11.8. The second kappa shape index (κ2) is 5.84. The minimum atomic E-state index is -0.0498. The first-order valence-corrected chi connectivity index (χ1v) is 6.01. The predicted octanol–water partition coefficient (Wildman–Crippen LogP) is 0.144. The molecule has 0 fully saturated rings. The summed E-state index contributed by atoms with van der Waals surface area (Å²) in [5.74, 6) is 0.734. The van der Waals surface area contributed by atoms with Gasteiger partial charge < -0.3 is 16.8 Å². The number of guanidine groups is 1. The highest BCUT2D eigenvalue weighted by Crippen LogP contribution is 2.15. The summed E-state index contributed by atoms with van der Waals surface area (Å²) in [6.45, 7) is 0.439. The second-order valence-corrected chi connectivity index (χ2v) is 4.48. The van der Waals surface area contributed by atoms with Crippen molar-refractivity contribution in [3.63, 3.8) is 0 Å². The van der Waals surface area contributed by atoms with Gasteiger partial charge in [0.05, 0.1) is 16.6 Å². The Morgan fingerprint density at radius 2 is 2.57 bits per heavy atom. The van der Waals surface area contributed by atoms with Crippen molar-refractivity contribution in [3.05, 3.63) is 16.6 Å². The zero-order valence-corrected chi connectivity index (χ0v) is 9.20. The lowest BCUT2D eigenvalue weighted by Gasteiger charge is -2.15. The number of rotatable bonds is 5. The number of nitrogens with two attached hydrogens (primary N) is 2. The molecule has 0 saturated carbocycles. The molecule has 0 radical (unpaired) electrons. The summed E-state index contributed by atoms with van der Waals surface area (Å²) in [4.78, 5) is 4.15. The Kier molecular flexibility index (Phi) is 4.71. The van der Waals surface area contributed by atoms with Crippen LogP contribution in [-0.4, -0.2) is 22.9 Å². The smallest absolute Gasteiger partial charge is 0.186 e. The van der Waals surface area contributed by atoms with E-state index in [4.69, 9.17) is 16.9 Å². The molecule has 0 aliphatic carbocycles. The molecule has 78 valence electrons. The van der Waals surface area contributed by atoms with Gasteiger partial charge in [-0.3, -0.25) is 5.41 Å². The first-order valence-electron chi connectivity index (χ1n) is 4.01. The van der Waals surface area contributed by atoms with Crippen LogP contribution in [0, 0.1) is 5.41 Å². The van der Waals surface area contributed by atoms with Gasteiger partial charge in [0.15, 0.2) is 5.96 Å². The number of thioether (sulfide) groups is 1. The molecule has 1 aromatic rings. The zero-order chi connectivity index (χ0) is 10.4. The summed E-state index contributed by atoms with van der Waals surface area (Å²) < 4.78 is 0. The van der Waals surface area contributed by atoms with Crippen LogP contribution in [0.3, 0.4) is 0 Å². The molecule has 0 aromatic carbocycles. The molecule has 0 saturated heterocycles. The van der Waals surface area contributed by atoms with Crippen LogP contribution in [0.5, 0.6) is 0 Å². The largest absolute Gasteiger partial charge is 0.370 e. The summed E-state index contributed by atoms with van der Waals surface area (Å²) in [6.07, 6.45) is 0. The average molecular weight is 231 g/mol. The van der Waals surface area contributed by atoms with Gasteiger partial charge in [0.1, 0.15) is 0 Å². The summed E-state index contributed by atoms with van der Waals surface area (Å²) in [7, 11) is 0. The fraction of sp³-hybridized carbons (Fsp3) is 0.429. The molecule has 14 heavy (non-hydrogen) atoms. The number of nitrogens with zero attached hydrogens (tertiary/aromatic N) is 1. The van der Waals surface area contributed by atoms with E-state index in [0.717, 1.165) is 11.4 Å². The van der Waals surface area contributed by atoms with Gasteiger partial charge >= 0.3 is 0 Å². The molecule has 1 unspecified atom stereocenters. The molecular formula is C7H13N5S2. The third-order valence-electron chi connectivity index (χ3n) is 1.45. The Hall–Kier alpha value is -0.790. The molecule has 6 N–H and O–H groups in total. The molecular weight excluding hydrogens is 218 g/mol. The highest BCUT2D eigenvalue weighted by molar-refractivity contribution is 7.99. The van der Waals surface area contributed by atoms with E-state index >= 15 is 0 Å². The van der Waals surface area contributed by atoms with Crippen LogP contribution in [0.15, 0.2) is 10.9 Å². The van der Waals surface area contributed by atoms with E-state index in [-0.39, 0.29) is 11.3 Å². The Morgan fingerprint density at radius 1 is 1.79 bits per heavy atom. The van der Waals surface area contributed by atoms with Crippen LogP contribution in [0.1, 0.15) is 5.69 Å². The van der Waals surface area contributed by atoms with Crippen molar-refractivity contribution in [1.82, 2.24) is 10.3 Å². The highest BCUT2D eigenvalue weighted by atomic mass is 32.2. The molecule has 1 atom stereocenters. The minimum absolute atomic E-state index is 0.0193. The Balaban J connectivity index is 2.30. The van der Waals surface area contributed by atoms with Gasteiger partial charge in [-0.15, -0.1) is 23.1 Å². The zero-order valence-electron chi connectivity index (χ0n) is 7.56. The van der Waals surface area contributed by atoms with Crippen LogP contribution in [0.25, 0.3) is 0 Å². The van der Waals surface area contributed by atoms with E-state index in [0.29, 0.717) is 6.54 Å². The van der Waals surface area contributed by atoms with Crippen molar-refractivity contribution in [1.29, 1.82) is 5.41 Å². The second-order valence-electron chi connectivity index (χ2n) is 2.57. The first-order chi connectivity index (χ1) is 6.72. The summed E-state index contributed by atoms with van der Waals surface area (Å²) >= 11 is 3.16. The normalized spacial score (nSPS) is 12.4. The lowest BCUT2D eigenvalue weighted by atomic mass is 10.6. The number of hydrogen-bond acceptors (Lipinski definition) is 5. The fourth-order valence-electron chi connectivity index (χ4n) is 0.837. The molecule has 1 rings (SSSR count). The van der Waals surface area contributed by atoms with E-state index in [1.165, 1.54) is 0 Å². The van der Waals surface area contributed by atoms with Gasteiger partial charge in [-0.05, 0) is 0 Å². The number of nitrogens with one attached hydrogen (secondary N) is 2. The first kappa shape index (κ1) is 11.3. The number of aromatic nitrogens is 1. The predicted molar refractivity (Wildman–Crippen MR) is 61.3 cm³/mol. The van der Waals surface area contributed by atoms with Crippen LogP contribution >= 0.6 is 23.1 Å². The molecule has 5 nitrogen and oxygen atoms in total. The molecule has 0 bridgehead atoms. The lowest BCUT2D eigenvalue weighted by Crippen LogP contribution is -2.41. The van der Waals surface area contributed by atoms with Crippen molar-refractivity contribution in [2.75, 3.05) is 6.54 Å². The molecule has 7 heteroatoms. The van der Waals surface area contributed by atoms with E-state index in [9.17, 15) is 0 Å². The van der Waals surface area contributed by atoms with Crippen molar-refractivity contribution >= 4 is 29.1 Å². The third-order valence-corrected chi connectivity index (χ3v) is 3.26. The topological polar surface area (TPSA) is 101 Å². The van der Waals surface area contributed by atoms with E-state index in [2.05, 4.69) is 10.3 Å². The van der Waals surface area contributed by atoms with Crippen molar-refractivity contribution in [2.24, 2.45) is 11.5 Å². The maximum absolute atomic E-state index is 7.07. The van der Waals surface area contributed by atoms with Crippen LogP contribution < -0.4 is 16.8 Å². The van der Waals surface area contributed by atoms with E-state index in [1.54, 1.807) is 28.6 Å². The molecule has 0 amide bonds. The van der Waals surface area contributed by atoms with Gasteiger partial charge in [-0.1, -0.05) is 0 Å². The molecule has 1 heterocycles. The molecule has 0 aliphatic heterocycles. The van der Waals surface area contributed by atoms with Gasteiger partial charge in [-0.2, -0.15) is 0 Å². The minimum Gasteiger partial charge on any atom is -0.370 e. The fourth-order valence-corrected chi connectivity index (χ4v) is 2.38. The van der Waals surface area contributed by atoms with Gasteiger partial charge in [0, 0.05) is 17.7 Å². The third kappa shape index (κ3) is 3.95. The lowest BCUT2D eigenvalue weighted by molar-refractivity contribution is 0.805. The van der Waals surface area contributed by atoms with Crippen LogP contribution in [0.2, 0.25) is 0 Å². The van der Waals surface area contributed by atoms with Crippen molar-refractivity contribution in [3.8, 4) is 0 Å². The standard InChI is InChI=1S/C7H13N5S2/c8-1-6(12-7(9)10)14-3-5-2-13-4-11-5/h2,4,6H,1,3,8H2,(H4,9,10,12). The van der Waals surface area contributed by atoms with Crippen molar-refractivity contribution in [2.45, 2.75) is 11.1 Å². The van der Waals surface area contributed by atoms with Crippen molar-refractivity contribution < 1.29 is 0 Å². The van der Waals surface area contributed by atoms with Gasteiger partial charge in [-0.25, -0.2) is 4.98 Å². The maximum Gasteiger partial charge on any atom is 0.186 e. The van der Waals surface area contributed by atoms with Crippen LogP contribution in [-0.2, 0) is 5.75 Å². The van der Waals surface area contributed by atoms with E-state index < -0.39 is 0 Å². The van der Waals surface area contributed by atoms with Gasteiger partial charge in [0.2, 0.25) is 0 Å². The highest BCUT2D eigenvalue weighted by Gasteiger charge is 2.07. The van der Waals surface area contributed by atoms with Gasteiger partial charge in [0.25, 0.3) is 0 Å².